The van der Waals surface area contributed by atoms with Gasteiger partial charge in [0.2, 0.25) is 5.71 Å². The first-order valence-corrected chi connectivity index (χ1v) is 10.3. The molecule has 158 valence electrons. The van der Waals surface area contributed by atoms with Crippen molar-refractivity contribution >= 4 is 34.3 Å². The smallest absolute Gasteiger partial charge is 0.265 e. The average molecular weight is 430 g/mol. The quantitative estimate of drug-likeness (QED) is 0.668. The molecule has 1 aliphatic rings. The highest BCUT2D eigenvalue weighted by Gasteiger charge is 2.23. The van der Waals surface area contributed by atoms with Crippen LogP contribution in [0.3, 0.4) is 0 Å². The summed E-state index contributed by atoms with van der Waals surface area (Å²) in [5, 5.41) is 3.88. The Balaban J connectivity index is 1.33. The second-order valence-electron chi connectivity index (χ2n) is 7.44. The number of rotatable bonds is 5. The number of aromatic nitrogens is 2. The standard InChI is InChI=1S/C21H24ClN5O3/c1-14-17(18-20(30-14)24-13-25(2)21(18)29)19(28)23-6-7-26-8-10-27(11-9-26)16-5-3-4-15(22)12-16/h3-5,12-13H,6-11H2,1-2H3,(H,23,28). The number of nitrogens with zero attached hydrogens (tertiary/aromatic N) is 4. The van der Waals surface area contributed by atoms with E-state index in [2.05, 4.69) is 26.2 Å². The first-order chi connectivity index (χ1) is 14.4. The Morgan fingerprint density at radius 1 is 1.27 bits per heavy atom. The van der Waals surface area contributed by atoms with E-state index in [9.17, 15) is 9.59 Å². The molecule has 0 aliphatic carbocycles. The molecule has 0 unspecified atom stereocenters. The Morgan fingerprint density at radius 2 is 2.03 bits per heavy atom. The summed E-state index contributed by atoms with van der Waals surface area (Å²) in [7, 11) is 1.60. The number of piperazine rings is 1. The van der Waals surface area contributed by atoms with Crippen LogP contribution >= 0.6 is 11.6 Å². The molecule has 1 aromatic carbocycles. The Hall–Kier alpha value is -2.84. The van der Waals surface area contributed by atoms with Crippen molar-refractivity contribution in [2.24, 2.45) is 7.05 Å². The van der Waals surface area contributed by atoms with Crippen LogP contribution in [0, 0.1) is 6.92 Å². The summed E-state index contributed by atoms with van der Waals surface area (Å²) in [6.45, 7) is 6.51. The van der Waals surface area contributed by atoms with Gasteiger partial charge in [-0.05, 0) is 25.1 Å². The van der Waals surface area contributed by atoms with Gasteiger partial charge in [-0.15, -0.1) is 0 Å². The third-order valence-electron chi connectivity index (χ3n) is 5.43. The van der Waals surface area contributed by atoms with E-state index in [4.69, 9.17) is 16.0 Å². The van der Waals surface area contributed by atoms with Crippen molar-refractivity contribution in [3.8, 4) is 0 Å². The molecule has 1 amide bonds. The molecule has 2 aromatic heterocycles. The van der Waals surface area contributed by atoms with E-state index in [1.54, 1.807) is 14.0 Å². The Bertz CT molecular complexity index is 1130. The zero-order valence-corrected chi connectivity index (χ0v) is 17.8. The van der Waals surface area contributed by atoms with Crippen molar-refractivity contribution in [2.45, 2.75) is 6.92 Å². The van der Waals surface area contributed by atoms with Crippen molar-refractivity contribution < 1.29 is 9.21 Å². The van der Waals surface area contributed by atoms with E-state index in [1.165, 1.54) is 10.9 Å². The largest absolute Gasteiger partial charge is 0.442 e. The average Bonchev–Trinajstić information content (AvgIpc) is 3.08. The third kappa shape index (κ3) is 4.06. The summed E-state index contributed by atoms with van der Waals surface area (Å²) in [6, 6.07) is 7.89. The Kier molecular flexibility index (Phi) is 5.78. The van der Waals surface area contributed by atoms with Crippen LogP contribution in [0.25, 0.3) is 11.1 Å². The highest BCUT2D eigenvalue weighted by atomic mass is 35.5. The van der Waals surface area contributed by atoms with Crippen molar-refractivity contribution in [3.05, 3.63) is 57.3 Å². The number of aryl methyl sites for hydroxylation is 2. The minimum Gasteiger partial charge on any atom is -0.442 e. The Labute approximate surface area is 179 Å². The van der Waals surface area contributed by atoms with E-state index in [-0.39, 0.29) is 28.1 Å². The number of nitrogens with one attached hydrogen (secondary N) is 1. The van der Waals surface area contributed by atoms with E-state index in [0.717, 1.165) is 43.4 Å². The molecular formula is C21H24ClN5O3. The van der Waals surface area contributed by atoms with Crippen LogP contribution in [0.2, 0.25) is 5.02 Å². The van der Waals surface area contributed by atoms with Gasteiger partial charge in [0.05, 0.1) is 5.56 Å². The molecular weight excluding hydrogens is 406 g/mol. The highest BCUT2D eigenvalue weighted by molar-refractivity contribution is 6.30. The number of amides is 1. The number of benzene rings is 1. The number of hydrogen-bond acceptors (Lipinski definition) is 6. The van der Waals surface area contributed by atoms with Crippen LogP contribution in [-0.4, -0.2) is 59.6 Å². The van der Waals surface area contributed by atoms with Crippen molar-refractivity contribution in [1.29, 1.82) is 0 Å². The monoisotopic (exact) mass is 429 g/mol. The summed E-state index contributed by atoms with van der Waals surface area (Å²) in [5.74, 6) is 0.0855. The van der Waals surface area contributed by atoms with Gasteiger partial charge in [0, 0.05) is 57.0 Å². The molecule has 3 aromatic rings. The molecule has 30 heavy (non-hydrogen) atoms. The maximum Gasteiger partial charge on any atom is 0.265 e. The first-order valence-electron chi connectivity index (χ1n) is 9.90. The van der Waals surface area contributed by atoms with Crippen LogP contribution in [0.4, 0.5) is 5.69 Å². The molecule has 1 N–H and O–H groups in total. The normalized spacial score (nSPS) is 15.0. The van der Waals surface area contributed by atoms with Crippen molar-refractivity contribution in [2.75, 3.05) is 44.2 Å². The molecule has 0 saturated carbocycles. The molecule has 0 radical (unpaired) electrons. The summed E-state index contributed by atoms with van der Waals surface area (Å²) in [5.41, 5.74) is 1.30. The molecule has 9 heteroatoms. The predicted molar refractivity (Wildman–Crippen MR) is 116 cm³/mol. The van der Waals surface area contributed by atoms with Gasteiger partial charge in [-0.25, -0.2) is 4.98 Å². The number of furan rings is 1. The lowest BCUT2D eigenvalue weighted by molar-refractivity contribution is 0.0947. The third-order valence-corrected chi connectivity index (χ3v) is 5.67. The van der Waals surface area contributed by atoms with Crippen molar-refractivity contribution in [1.82, 2.24) is 19.8 Å². The van der Waals surface area contributed by atoms with Gasteiger partial charge in [-0.2, -0.15) is 0 Å². The molecule has 4 rings (SSSR count). The molecule has 3 heterocycles. The van der Waals surface area contributed by atoms with Gasteiger partial charge in [0.1, 0.15) is 17.5 Å². The number of carbonyl (C=O) groups excluding carboxylic acids is 1. The van der Waals surface area contributed by atoms with Crippen LogP contribution in [0.15, 0.2) is 39.8 Å². The molecule has 1 aliphatic heterocycles. The fourth-order valence-corrected chi connectivity index (χ4v) is 3.96. The lowest BCUT2D eigenvalue weighted by Gasteiger charge is -2.36. The van der Waals surface area contributed by atoms with Gasteiger partial charge in [0.25, 0.3) is 11.5 Å². The maximum atomic E-state index is 12.7. The lowest BCUT2D eigenvalue weighted by Crippen LogP contribution is -2.48. The zero-order chi connectivity index (χ0) is 21.3. The SMILES string of the molecule is Cc1oc2ncn(C)c(=O)c2c1C(=O)NCCN1CCN(c2cccc(Cl)c2)CC1. The van der Waals surface area contributed by atoms with Gasteiger partial charge >= 0.3 is 0 Å². The van der Waals surface area contributed by atoms with Gasteiger partial charge in [0.15, 0.2) is 0 Å². The van der Waals surface area contributed by atoms with Crippen LogP contribution in [0.5, 0.6) is 0 Å². The fourth-order valence-electron chi connectivity index (χ4n) is 3.78. The summed E-state index contributed by atoms with van der Waals surface area (Å²) < 4.78 is 6.84. The van der Waals surface area contributed by atoms with E-state index in [0.29, 0.717) is 12.3 Å². The maximum absolute atomic E-state index is 12.7. The lowest BCUT2D eigenvalue weighted by atomic mass is 10.2. The van der Waals surface area contributed by atoms with E-state index < -0.39 is 0 Å². The van der Waals surface area contributed by atoms with E-state index >= 15 is 0 Å². The summed E-state index contributed by atoms with van der Waals surface area (Å²) in [4.78, 5) is 33.9. The number of hydrogen-bond donors (Lipinski definition) is 1. The second-order valence-corrected chi connectivity index (χ2v) is 7.87. The molecule has 0 bridgehead atoms. The first kappa shape index (κ1) is 20.4. The molecule has 0 atom stereocenters. The number of fused-ring (bicyclic) bond motifs is 1. The van der Waals surface area contributed by atoms with Crippen LogP contribution < -0.4 is 15.8 Å². The van der Waals surface area contributed by atoms with E-state index in [1.807, 2.05) is 18.2 Å². The molecule has 0 spiro atoms. The predicted octanol–water partition coefficient (Wildman–Crippen LogP) is 2.04. The van der Waals surface area contributed by atoms with Gasteiger partial charge in [-0.3, -0.25) is 14.5 Å². The Morgan fingerprint density at radius 3 is 2.77 bits per heavy atom. The molecule has 8 nitrogen and oxygen atoms in total. The zero-order valence-electron chi connectivity index (χ0n) is 17.0. The molecule has 1 fully saturated rings. The van der Waals surface area contributed by atoms with Crippen molar-refractivity contribution in [3.63, 3.8) is 0 Å². The number of carbonyl (C=O) groups is 1. The van der Waals surface area contributed by atoms with Gasteiger partial charge in [-0.1, -0.05) is 17.7 Å². The summed E-state index contributed by atoms with van der Waals surface area (Å²) >= 11 is 6.09. The second kappa shape index (κ2) is 8.49. The minimum atomic E-state index is -0.311. The van der Waals surface area contributed by atoms with Crippen LogP contribution in [0.1, 0.15) is 16.1 Å². The fraction of sp³-hybridized carbons (Fsp3) is 0.381. The number of anilines is 1. The minimum absolute atomic E-state index is 0.192. The topological polar surface area (TPSA) is 83.6 Å². The molecule has 1 saturated heterocycles. The van der Waals surface area contributed by atoms with Crippen LogP contribution in [-0.2, 0) is 7.05 Å². The number of halogens is 1. The van der Waals surface area contributed by atoms with Gasteiger partial charge < -0.3 is 19.2 Å². The summed E-state index contributed by atoms with van der Waals surface area (Å²) in [6.07, 6.45) is 1.39. The highest BCUT2D eigenvalue weighted by Crippen LogP contribution is 2.21.